The summed E-state index contributed by atoms with van der Waals surface area (Å²) in [7, 11) is 1.31. The summed E-state index contributed by atoms with van der Waals surface area (Å²) in [5.41, 5.74) is 0.349. The zero-order valence-electron chi connectivity index (χ0n) is 10.2. The number of alkyl halides is 1. The number of aromatic nitrogens is 1. The van der Waals surface area contributed by atoms with Crippen LogP contribution in [0.4, 0.5) is 5.82 Å². The lowest BCUT2D eigenvalue weighted by atomic mass is 10.2. The van der Waals surface area contributed by atoms with Crippen LogP contribution in [-0.2, 0) is 9.53 Å². The zero-order chi connectivity index (χ0) is 14.0. The maximum Gasteiger partial charge on any atom is 0.339 e. The van der Waals surface area contributed by atoms with E-state index in [-0.39, 0.29) is 5.91 Å². The molecule has 1 saturated heterocycles. The van der Waals surface area contributed by atoms with E-state index in [1.165, 1.54) is 13.3 Å². The number of nitrogens with zero attached hydrogens (tertiary/aromatic N) is 2. The molecule has 0 spiro atoms. The zero-order valence-corrected chi connectivity index (χ0v) is 13.4. The van der Waals surface area contributed by atoms with Crippen LogP contribution in [0.3, 0.4) is 0 Å². The number of esters is 1. The van der Waals surface area contributed by atoms with E-state index in [1.807, 2.05) is 0 Å². The fourth-order valence-electron chi connectivity index (χ4n) is 1.95. The molecule has 0 N–H and O–H groups in total. The molecule has 0 bridgehead atoms. The van der Waals surface area contributed by atoms with E-state index < -0.39 is 5.97 Å². The minimum atomic E-state index is -0.453. The minimum Gasteiger partial charge on any atom is -0.465 e. The second-order valence-electron chi connectivity index (χ2n) is 4.25. The summed E-state index contributed by atoms with van der Waals surface area (Å²) in [4.78, 5) is 29.1. The second-order valence-corrected chi connectivity index (χ2v) is 5.75. The Hall–Kier alpha value is -0.950. The summed E-state index contributed by atoms with van der Waals surface area (Å²) in [5, 5.41) is 0.785. The molecule has 1 aliphatic heterocycles. The highest BCUT2D eigenvalue weighted by molar-refractivity contribution is 9.10. The molecule has 1 unspecified atom stereocenters. The number of amides is 1. The molecule has 0 aliphatic carbocycles. The van der Waals surface area contributed by atoms with Crippen LogP contribution in [-0.4, -0.2) is 35.8 Å². The molecule has 0 radical (unpaired) electrons. The largest absolute Gasteiger partial charge is 0.465 e. The van der Waals surface area contributed by atoms with Gasteiger partial charge in [-0.1, -0.05) is 15.9 Å². The van der Waals surface area contributed by atoms with Gasteiger partial charge in [0.25, 0.3) is 0 Å². The van der Waals surface area contributed by atoms with Crippen molar-refractivity contribution in [3.05, 3.63) is 22.3 Å². The number of hydrogen-bond acceptors (Lipinski definition) is 4. The van der Waals surface area contributed by atoms with E-state index >= 15 is 0 Å². The predicted molar refractivity (Wildman–Crippen MR) is 77.5 cm³/mol. The predicted octanol–water partition coefficient (Wildman–Crippen LogP) is 2.38. The normalized spacial score (nSPS) is 18.8. The summed E-state index contributed by atoms with van der Waals surface area (Å²) in [6.07, 6.45) is 1.93. The van der Waals surface area contributed by atoms with Crippen molar-refractivity contribution in [3.63, 3.8) is 0 Å². The van der Waals surface area contributed by atoms with E-state index in [2.05, 4.69) is 41.6 Å². The number of hydrogen-bond donors (Lipinski definition) is 0. The van der Waals surface area contributed by atoms with Gasteiger partial charge in [-0.05, 0) is 27.9 Å². The number of pyridine rings is 1. The quantitative estimate of drug-likeness (QED) is 0.586. The van der Waals surface area contributed by atoms with Gasteiger partial charge in [-0.25, -0.2) is 9.78 Å². The summed E-state index contributed by atoms with van der Waals surface area (Å²) < 4.78 is 5.24. The molecule has 19 heavy (non-hydrogen) atoms. The Morgan fingerprint density at radius 1 is 1.63 bits per heavy atom. The Morgan fingerprint density at radius 2 is 2.37 bits per heavy atom. The average Bonchev–Trinajstić information content (AvgIpc) is 2.79. The van der Waals surface area contributed by atoms with E-state index in [9.17, 15) is 9.59 Å². The van der Waals surface area contributed by atoms with Crippen LogP contribution in [0, 0.1) is 5.92 Å². The van der Waals surface area contributed by atoms with Gasteiger partial charge >= 0.3 is 5.97 Å². The third-order valence-corrected chi connectivity index (χ3v) is 4.42. The molecule has 1 amide bonds. The number of methoxy groups -OCH3 is 1. The first-order valence-electron chi connectivity index (χ1n) is 5.67. The number of rotatable bonds is 3. The standard InChI is InChI=1S/C12H12Br2N2O3/c1-19-12(18)8-3-9(14)11(15-5-8)16-6-7(4-13)2-10(16)17/h3,5,7H,2,4,6H2,1H3. The molecule has 5 nitrogen and oxygen atoms in total. The van der Waals surface area contributed by atoms with Crippen LogP contribution in [0.1, 0.15) is 16.8 Å². The molecule has 1 aromatic heterocycles. The van der Waals surface area contributed by atoms with Crippen molar-refractivity contribution in [2.45, 2.75) is 6.42 Å². The van der Waals surface area contributed by atoms with Crippen molar-refractivity contribution in [3.8, 4) is 0 Å². The maximum absolute atomic E-state index is 11.9. The first kappa shape index (κ1) is 14.5. The maximum atomic E-state index is 11.9. The van der Waals surface area contributed by atoms with E-state index in [4.69, 9.17) is 0 Å². The highest BCUT2D eigenvalue weighted by Gasteiger charge is 2.31. The van der Waals surface area contributed by atoms with Crippen LogP contribution in [0.25, 0.3) is 0 Å². The lowest BCUT2D eigenvalue weighted by molar-refractivity contribution is -0.117. The van der Waals surface area contributed by atoms with Crippen molar-refractivity contribution < 1.29 is 14.3 Å². The fraction of sp³-hybridized carbons (Fsp3) is 0.417. The van der Waals surface area contributed by atoms with Gasteiger partial charge < -0.3 is 4.74 Å². The fourth-order valence-corrected chi connectivity index (χ4v) is 2.95. The van der Waals surface area contributed by atoms with Gasteiger partial charge in [0.15, 0.2) is 0 Å². The Labute approximate surface area is 127 Å². The number of anilines is 1. The first-order valence-corrected chi connectivity index (χ1v) is 7.58. The molecular weight excluding hydrogens is 380 g/mol. The molecule has 1 aliphatic rings. The minimum absolute atomic E-state index is 0.0449. The second kappa shape index (κ2) is 6.00. The van der Waals surface area contributed by atoms with Crippen molar-refractivity contribution in [2.75, 3.05) is 23.9 Å². The van der Waals surface area contributed by atoms with Gasteiger partial charge in [-0.15, -0.1) is 0 Å². The lowest BCUT2D eigenvalue weighted by Gasteiger charge is -2.17. The van der Waals surface area contributed by atoms with Gasteiger partial charge in [0.05, 0.1) is 17.1 Å². The van der Waals surface area contributed by atoms with Crippen molar-refractivity contribution in [2.24, 2.45) is 5.92 Å². The highest BCUT2D eigenvalue weighted by Crippen LogP contribution is 2.30. The van der Waals surface area contributed by atoms with Crippen LogP contribution in [0.15, 0.2) is 16.7 Å². The van der Waals surface area contributed by atoms with Crippen LogP contribution < -0.4 is 4.90 Å². The smallest absolute Gasteiger partial charge is 0.339 e. The summed E-state index contributed by atoms with van der Waals surface area (Å²) in [6.45, 7) is 0.632. The van der Waals surface area contributed by atoms with Crippen LogP contribution >= 0.6 is 31.9 Å². The van der Waals surface area contributed by atoms with Gasteiger partial charge in [-0.2, -0.15) is 0 Å². The topological polar surface area (TPSA) is 59.5 Å². The molecule has 7 heteroatoms. The summed E-state index contributed by atoms with van der Waals surface area (Å²) in [5.74, 6) is 0.428. The monoisotopic (exact) mass is 390 g/mol. The van der Waals surface area contributed by atoms with Crippen LogP contribution in [0.5, 0.6) is 0 Å². The van der Waals surface area contributed by atoms with Gasteiger partial charge in [0.1, 0.15) is 5.82 Å². The molecule has 0 aromatic carbocycles. The summed E-state index contributed by atoms with van der Waals surface area (Å²) >= 11 is 6.74. The average molecular weight is 392 g/mol. The number of halogens is 2. The molecule has 1 atom stereocenters. The van der Waals surface area contributed by atoms with Gasteiger partial charge in [-0.3, -0.25) is 9.69 Å². The van der Waals surface area contributed by atoms with E-state index in [0.717, 1.165) is 5.33 Å². The van der Waals surface area contributed by atoms with E-state index in [1.54, 1.807) is 11.0 Å². The van der Waals surface area contributed by atoms with Crippen molar-refractivity contribution in [1.29, 1.82) is 0 Å². The molecule has 2 rings (SSSR count). The third kappa shape index (κ3) is 2.97. The lowest BCUT2D eigenvalue weighted by Crippen LogP contribution is -2.26. The first-order chi connectivity index (χ1) is 9.06. The van der Waals surface area contributed by atoms with Crippen molar-refractivity contribution >= 4 is 49.6 Å². The Morgan fingerprint density at radius 3 is 2.89 bits per heavy atom. The molecular formula is C12H12Br2N2O3. The molecule has 102 valence electrons. The van der Waals surface area contributed by atoms with Gasteiger partial charge in [0, 0.05) is 24.5 Å². The number of carbonyl (C=O) groups is 2. The number of ether oxygens (including phenoxy) is 1. The Bertz CT molecular complexity index is 522. The summed E-state index contributed by atoms with van der Waals surface area (Å²) in [6, 6.07) is 1.61. The van der Waals surface area contributed by atoms with Crippen molar-refractivity contribution in [1.82, 2.24) is 4.98 Å². The molecule has 2 heterocycles. The molecule has 0 saturated carbocycles. The third-order valence-electron chi connectivity index (χ3n) is 2.92. The Kier molecular flexibility index (Phi) is 4.57. The Balaban J connectivity index is 2.27. The number of carbonyl (C=O) groups excluding carboxylic acids is 2. The highest BCUT2D eigenvalue weighted by atomic mass is 79.9. The van der Waals surface area contributed by atoms with Gasteiger partial charge in [0.2, 0.25) is 5.91 Å². The van der Waals surface area contributed by atoms with E-state index in [0.29, 0.717) is 34.7 Å². The molecule has 1 fully saturated rings. The van der Waals surface area contributed by atoms with Crippen LogP contribution in [0.2, 0.25) is 0 Å². The molecule has 1 aromatic rings. The SMILES string of the molecule is COC(=O)c1cnc(N2CC(CBr)CC2=O)c(Br)c1.